The molecule has 0 unspecified atom stereocenters. The zero-order valence-electron chi connectivity index (χ0n) is 20.2. The summed E-state index contributed by atoms with van der Waals surface area (Å²) in [6, 6.07) is 0. The molecular weight excluding hydrogens is 548 g/mol. The van der Waals surface area contributed by atoms with Crippen LogP contribution in [0, 0.1) is 0 Å². The molecule has 0 spiro atoms. The number of ether oxygens (including phenoxy) is 4. The Morgan fingerprint density at radius 3 is 1.23 bits per heavy atom. The minimum Gasteiger partial charge on any atom is -0.613 e. The van der Waals surface area contributed by atoms with Crippen molar-refractivity contribution in [3.63, 3.8) is 0 Å². The van der Waals surface area contributed by atoms with Crippen LogP contribution in [0.2, 0.25) is 0 Å². The Labute approximate surface area is 227 Å². The summed E-state index contributed by atoms with van der Waals surface area (Å²) in [7, 11) is 0. The van der Waals surface area contributed by atoms with Gasteiger partial charge in [0, 0.05) is 13.1 Å². The van der Waals surface area contributed by atoms with E-state index in [1.165, 1.54) is 0 Å². The predicted molar refractivity (Wildman–Crippen MR) is 132 cm³/mol. The number of carbonyl (C=O) groups excluding carboxylic acids is 2. The predicted octanol–water partition coefficient (Wildman–Crippen LogP) is 0.519. The summed E-state index contributed by atoms with van der Waals surface area (Å²) < 4.78 is 19.0. The second kappa shape index (κ2) is 23.2. The Hall–Kier alpha value is -2.60. The summed E-state index contributed by atoms with van der Waals surface area (Å²) in [5, 5.41) is 28.5. The molecule has 0 aliphatic carbocycles. The van der Waals surface area contributed by atoms with Crippen LogP contribution in [0.3, 0.4) is 0 Å². The number of hydrogen-bond donors (Lipinski definition) is 2. The number of esters is 2. The van der Waals surface area contributed by atoms with Gasteiger partial charge in [-0.2, -0.15) is 0 Å². The van der Waals surface area contributed by atoms with Gasteiger partial charge in [0.05, 0.1) is 25.1 Å². The van der Waals surface area contributed by atoms with Crippen LogP contribution in [0.1, 0.15) is 27.7 Å². The molecule has 13 heteroatoms. The summed E-state index contributed by atoms with van der Waals surface area (Å²) in [5.41, 5.74) is -0.573. The van der Waals surface area contributed by atoms with Crippen molar-refractivity contribution in [3.05, 3.63) is 48.3 Å². The summed E-state index contributed by atoms with van der Waals surface area (Å²) in [4.78, 5) is 23.1. The first-order valence-electron chi connectivity index (χ1n) is 10.4. The maximum absolute atomic E-state index is 11.6. The number of hydrogen-bond acceptors (Lipinski definition) is 10. The smallest absolute Gasteiger partial charge is 0.613 e. The first-order chi connectivity index (χ1) is 16.2. The molecule has 0 aromatic rings. The van der Waals surface area contributed by atoms with Crippen molar-refractivity contribution in [1.29, 1.82) is 0 Å². The zero-order valence-corrected chi connectivity index (χ0v) is 22.8. The Balaban J connectivity index is -0.000000569. The third-order valence-electron chi connectivity index (χ3n) is 3.19. The third-order valence-corrected chi connectivity index (χ3v) is 3.88. The molecule has 0 saturated heterocycles. The van der Waals surface area contributed by atoms with Crippen LogP contribution in [-0.4, -0.2) is 61.4 Å². The molecule has 2 N–H and O–H groups in total. The van der Waals surface area contributed by atoms with E-state index in [0.29, 0.717) is 13.1 Å². The molecule has 10 nitrogen and oxygen atoms in total. The zero-order chi connectivity index (χ0) is 26.5. The molecule has 0 saturated carbocycles. The van der Waals surface area contributed by atoms with E-state index in [9.17, 15) is 19.8 Å². The molecule has 0 atom stereocenters. The summed E-state index contributed by atoms with van der Waals surface area (Å²) in [6.45, 7) is 14.9. The van der Waals surface area contributed by atoms with E-state index < -0.39 is 23.8 Å². The number of nitrogens with one attached hydrogen (secondary N) is 2. The van der Waals surface area contributed by atoms with Crippen LogP contribution in [0.4, 0.5) is 0 Å². The minimum atomic E-state index is -0.785. The molecule has 1 radical (unpaired) electrons. The van der Waals surface area contributed by atoms with Crippen molar-refractivity contribution in [2.24, 2.45) is 0 Å². The molecule has 0 aliphatic rings. The van der Waals surface area contributed by atoms with Crippen molar-refractivity contribution < 1.29 is 55.8 Å². The maximum Gasteiger partial charge on any atom is 2.00 e. The van der Waals surface area contributed by atoms with Gasteiger partial charge < -0.3 is 39.8 Å². The van der Waals surface area contributed by atoms with Crippen molar-refractivity contribution in [2.75, 3.05) is 39.5 Å². The monoisotopic (exact) mass is 579 g/mol. The number of thiocarbonyl (C=S) groups is 2. The van der Waals surface area contributed by atoms with Gasteiger partial charge in [-0.1, -0.05) is 50.4 Å². The van der Waals surface area contributed by atoms with Gasteiger partial charge in [-0.3, -0.25) is 0 Å². The van der Waals surface area contributed by atoms with Gasteiger partial charge in [0.1, 0.15) is 21.1 Å². The third kappa shape index (κ3) is 15.8. The van der Waals surface area contributed by atoms with Crippen LogP contribution in [-0.2, 0) is 45.6 Å². The van der Waals surface area contributed by atoms with Crippen LogP contribution in [0.5, 0.6) is 0 Å². The maximum atomic E-state index is 11.6. The van der Waals surface area contributed by atoms with E-state index >= 15 is 0 Å². The van der Waals surface area contributed by atoms with Crippen LogP contribution >= 0.6 is 24.4 Å². The fourth-order valence-corrected chi connectivity index (χ4v) is 2.36. The van der Waals surface area contributed by atoms with E-state index in [1.54, 1.807) is 39.8 Å². The van der Waals surface area contributed by atoms with Gasteiger partial charge in [-0.25, -0.2) is 9.59 Å². The number of rotatable bonds is 14. The van der Waals surface area contributed by atoms with Crippen molar-refractivity contribution in [3.8, 4) is 0 Å². The molecule has 0 amide bonds. The minimum absolute atomic E-state index is 0. The van der Waals surface area contributed by atoms with Crippen LogP contribution < -0.4 is 20.8 Å². The average molecular weight is 580 g/mol. The Bertz CT molecular complexity index is 721. The van der Waals surface area contributed by atoms with Crippen molar-refractivity contribution >= 4 is 46.4 Å². The fourth-order valence-electron chi connectivity index (χ4n) is 1.86. The molecule has 0 aliphatic heterocycles. The number of carbonyl (C=O) groups is 2. The molecule has 201 valence electrons. The molecule has 35 heavy (non-hydrogen) atoms. The van der Waals surface area contributed by atoms with E-state index in [-0.39, 0.29) is 64.6 Å². The summed E-state index contributed by atoms with van der Waals surface area (Å²) in [5.74, 6) is -3.14. The topological polar surface area (TPSA) is 141 Å². The standard InChI is InChI=1S/2C11H17NO4S.Cu/c2*1-4-7-12-9(17)8(10(13)15-5-2)11(14)16-6-3;/h2*4,13H,1,5-7H2,2-3H3,(H,12,17);/q;;+2/p-2/b2*10-8+;. The summed E-state index contributed by atoms with van der Waals surface area (Å²) >= 11 is 9.85. The molecule has 0 aromatic carbocycles. The van der Waals surface area contributed by atoms with Gasteiger partial charge in [-0.15, -0.1) is 13.2 Å². The molecule has 0 aromatic heterocycles. The van der Waals surface area contributed by atoms with Gasteiger partial charge in [0.2, 0.25) is 0 Å². The van der Waals surface area contributed by atoms with Crippen LogP contribution in [0.25, 0.3) is 0 Å². The Morgan fingerprint density at radius 2 is 1.00 bits per heavy atom. The van der Waals surface area contributed by atoms with Gasteiger partial charge in [0.25, 0.3) is 0 Å². The van der Waals surface area contributed by atoms with Crippen molar-refractivity contribution in [2.45, 2.75) is 27.7 Å². The van der Waals surface area contributed by atoms with E-state index in [4.69, 9.17) is 43.4 Å². The van der Waals surface area contributed by atoms with E-state index in [1.807, 2.05) is 0 Å². The molecule has 0 bridgehead atoms. The first-order valence-corrected chi connectivity index (χ1v) is 11.2. The fraction of sp³-hybridized carbons (Fsp3) is 0.455. The first kappa shape index (κ1) is 37.0. The largest absolute Gasteiger partial charge is 2.00 e. The second-order valence-corrected chi connectivity index (χ2v) is 6.45. The quantitative estimate of drug-likeness (QED) is 0.0739. The molecule has 0 rings (SSSR count). The van der Waals surface area contributed by atoms with Gasteiger partial charge >= 0.3 is 29.0 Å². The molecule has 0 heterocycles. The summed E-state index contributed by atoms with van der Waals surface area (Å²) in [6.07, 6.45) is 3.11. The van der Waals surface area contributed by atoms with Gasteiger partial charge in [0.15, 0.2) is 0 Å². The van der Waals surface area contributed by atoms with E-state index in [2.05, 4.69) is 23.8 Å². The molecular formula is C22H32CuN2O8S2. The van der Waals surface area contributed by atoms with Crippen LogP contribution in [0.15, 0.2) is 48.3 Å². The van der Waals surface area contributed by atoms with E-state index in [0.717, 1.165) is 0 Å². The SMILES string of the molecule is C=CCNC(=S)/C(C(=O)OCC)=C(/[O-])OCC.C=CCNC(=S)/C(C(=O)OCC)=C(/[O-])OCC.[Cu+2]. The Morgan fingerprint density at radius 1 is 0.714 bits per heavy atom. The second-order valence-electron chi connectivity index (χ2n) is 5.63. The van der Waals surface area contributed by atoms with Gasteiger partial charge in [-0.05, 0) is 27.1 Å². The molecule has 0 fully saturated rings. The normalized spacial score (nSPS) is 10.9. The Kier molecular flexibility index (Phi) is 24.5. The van der Waals surface area contributed by atoms with Crippen molar-refractivity contribution in [1.82, 2.24) is 10.6 Å². The average Bonchev–Trinajstić information content (AvgIpc) is 2.77.